The van der Waals surface area contributed by atoms with Gasteiger partial charge in [-0.3, -0.25) is 0 Å². The van der Waals surface area contributed by atoms with Gasteiger partial charge in [-0.25, -0.2) is 14.8 Å². The highest BCUT2D eigenvalue weighted by Gasteiger charge is 2.10. The van der Waals surface area contributed by atoms with Gasteiger partial charge in [0.2, 0.25) is 0 Å². The van der Waals surface area contributed by atoms with Gasteiger partial charge in [0.25, 0.3) is 0 Å². The lowest BCUT2D eigenvalue weighted by Gasteiger charge is -2.07. The Kier molecular flexibility index (Phi) is 4.37. The van der Waals surface area contributed by atoms with Crippen molar-refractivity contribution in [2.24, 2.45) is 0 Å². The van der Waals surface area contributed by atoms with Crippen LogP contribution in [0.15, 0.2) is 30.3 Å². The molecule has 2 N–H and O–H groups in total. The first-order chi connectivity index (χ1) is 9.58. The van der Waals surface area contributed by atoms with Crippen LogP contribution in [0, 0.1) is 0 Å². The fourth-order valence-corrected chi connectivity index (χ4v) is 1.60. The molecule has 0 aliphatic heterocycles. The third-order valence-corrected chi connectivity index (χ3v) is 2.68. The summed E-state index contributed by atoms with van der Waals surface area (Å²) in [6, 6.07) is 8.17. The molecule has 0 radical (unpaired) electrons. The fourth-order valence-electron chi connectivity index (χ4n) is 1.48. The molecule has 0 aliphatic carbocycles. The molecule has 0 atom stereocenters. The third kappa shape index (κ3) is 3.58. The van der Waals surface area contributed by atoms with Crippen molar-refractivity contribution >= 4 is 23.4 Å². The highest BCUT2D eigenvalue weighted by Crippen LogP contribution is 2.16. The van der Waals surface area contributed by atoms with Gasteiger partial charge in [-0.15, -0.1) is 0 Å². The average Bonchev–Trinajstić information content (AvgIpc) is 2.46. The first kappa shape index (κ1) is 14.1. The van der Waals surface area contributed by atoms with E-state index in [1.54, 1.807) is 31.3 Å². The van der Waals surface area contributed by atoms with E-state index >= 15 is 0 Å². The molecule has 2 aromatic rings. The summed E-state index contributed by atoms with van der Waals surface area (Å²) >= 11 is 5.77. The number of carbonyl (C=O) groups is 1. The number of benzene rings is 1. The monoisotopic (exact) mass is 293 g/mol. The summed E-state index contributed by atoms with van der Waals surface area (Å²) in [5.41, 5.74) is -0.0842. The number of nitrogens with zero attached hydrogens (tertiary/aromatic N) is 2. The van der Waals surface area contributed by atoms with Crippen LogP contribution in [-0.2, 0) is 6.61 Å². The number of ether oxygens (including phenoxy) is 1. The molecule has 20 heavy (non-hydrogen) atoms. The van der Waals surface area contributed by atoms with Crippen LogP contribution < -0.4 is 10.1 Å². The van der Waals surface area contributed by atoms with Gasteiger partial charge in [0, 0.05) is 18.1 Å². The number of anilines is 1. The predicted molar refractivity (Wildman–Crippen MR) is 74.3 cm³/mol. The van der Waals surface area contributed by atoms with Crippen molar-refractivity contribution in [1.82, 2.24) is 9.97 Å². The molecule has 1 aromatic heterocycles. The zero-order chi connectivity index (χ0) is 14.5. The molecule has 7 heteroatoms. The topological polar surface area (TPSA) is 84.3 Å². The molecule has 0 aliphatic rings. The lowest BCUT2D eigenvalue weighted by atomic mass is 10.3. The van der Waals surface area contributed by atoms with Crippen LogP contribution in [0.3, 0.4) is 0 Å². The van der Waals surface area contributed by atoms with E-state index in [4.69, 9.17) is 21.4 Å². The molecule has 104 valence electrons. The second kappa shape index (κ2) is 6.21. The van der Waals surface area contributed by atoms with Gasteiger partial charge >= 0.3 is 5.97 Å². The van der Waals surface area contributed by atoms with Gasteiger partial charge in [0.1, 0.15) is 18.2 Å². The Hall–Kier alpha value is -2.34. The molecule has 0 unspecified atom stereocenters. The summed E-state index contributed by atoms with van der Waals surface area (Å²) in [7, 11) is 1.65. The summed E-state index contributed by atoms with van der Waals surface area (Å²) < 4.78 is 5.48. The molecular formula is C13H12ClN3O3. The Balaban J connectivity index is 2.14. The normalized spacial score (nSPS) is 10.1. The van der Waals surface area contributed by atoms with Crippen molar-refractivity contribution in [1.29, 1.82) is 0 Å². The van der Waals surface area contributed by atoms with E-state index in [0.29, 0.717) is 16.6 Å². The predicted octanol–water partition coefficient (Wildman–Crippen LogP) is 2.45. The zero-order valence-electron chi connectivity index (χ0n) is 10.6. The van der Waals surface area contributed by atoms with E-state index in [9.17, 15) is 4.79 Å². The quantitative estimate of drug-likeness (QED) is 0.881. The van der Waals surface area contributed by atoms with Crippen LogP contribution in [0.4, 0.5) is 5.82 Å². The first-order valence-corrected chi connectivity index (χ1v) is 6.13. The standard InChI is InChI=1S/C13H12ClN3O3/c1-15-11-6-10(13(18)19)16-12(17-11)7-20-9-4-2-8(14)3-5-9/h2-6H,7H2,1H3,(H,18,19)(H,15,16,17). The Labute approximate surface area is 120 Å². The molecule has 6 nitrogen and oxygen atoms in total. The van der Waals surface area contributed by atoms with E-state index in [2.05, 4.69) is 15.3 Å². The van der Waals surface area contributed by atoms with Crippen molar-refractivity contribution in [2.75, 3.05) is 12.4 Å². The Morgan fingerprint density at radius 2 is 2.05 bits per heavy atom. The van der Waals surface area contributed by atoms with Gasteiger partial charge in [0.05, 0.1) is 0 Å². The summed E-state index contributed by atoms with van der Waals surface area (Å²) in [4.78, 5) is 19.0. The summed E-state index contributed by atoms with van der Waals surface area (Å²) in [6.07, 6.45) is 0. The first-order valence-electron chi connectivity index (χ1n) is 5.76. The van der Waals surface area contributed by atoms with E-state index in [0.717, 1.165) is 0 Å². The highest BCUT2D eigenvalue weighted by atomic mass is 35.5. The van der Waals surface area contributed by atoms with Crippen LogP contribution in [-0.4, -0.2) is 28.1 Å². The lowest BCUT2D eigenvalue weighted by Crippen LogP contribution is -2.10. The number of carboxylic acids is 1. The fraction of sp³-hybridized carbons (Fsp3) is 0.154. The smallest absolute Gasteiger partial charge is 0.354 e. The summed E-state index contributed by atoms with van der Waals surface area (Å²) in [5, 5.41) is 12.4. The Morgan fingerprint density at radius 3 is 2.65 bits per heavy atom. The molecule has 0 amide bonds. The molecular weight excluding hydrogens is 282 g/mol. The maximum Gasteiger partial charge on any atom is 0.354 e. The summed E-state index contributed by atoms with van der Waals surface area (Å²) in [5.74, 6) is 0.192. The Bertz CT molecular complexity index is 617. The van der Waals surface area contributed by atoms with Crippen molar-refractivity contribution < 1.29 is 14.6 Å². The number of aromatic carboxylic acids is 1. The number of hydrogen-bond acceptors (Lipinski definition) is 5. The second-order valence-corrected chi connectivity index (χ2v) is 4.29. The van der Waals surface area contributed by atoms with Crippen LogP contribution in [0.1, 0.15) is 16.3 Å². The molecule has 1 heterocycles. The van der Waals surface area contributed by atoms with E-state index in [-0.39, 0.29) is 18.1 Å². The zero-order valence-corrected chi connectivity index (χ0v) is 11.4. The highest BCUT2D eigenvalue weighted by molar-refractivity contribution is 6.30. The molecule has 2 rings (SSSR count). The van der Waals surface area contributed by atoms with Crippen LogP contribution >= 0.6 is 11.6 Å². The van der Waals surface area contributed by atoms with Crippen molar-refractivity contribution in [3.8, 4) is 5.75 Å². The van der Waals surface area contributed by atoms with Crippen LogP contribution in [0.2, 0.25) is 5.02 Å². The number of aromatic nitrogens is 2. The number of halogens is 1. The van der Waals surface area contributed by atoms with Gasteiger partial charge in [-0.1, -0.05) is 11.6 Å². The molecule has 0 bridgehead atoms. The van der Waals surface area contributed by atoms with Gasteiger partial charge in [-0.2, -0.15) is 0 Å². The minimum atomic E-state index is -1.11. The minimum Gasteiger partial charge on any atom is -0.486 e. The number of rotatable bonds is 5. The Morgan fingerprint density at radius 1 is 1.35 bits per heavy atom. The third-order valence-electron chi connectivity index (χ3n) is 2.43. The maximum atomic E-state index is 11.0. The van der Waals surface area contributed by atoms with Gasteiger partial charge in [0.15, 0.2) is 11.5 Å². The minimum absolute atomic E-state index is 0.0669. The van der Waals surface area contributed by atoms with E-state index < -0.39 is 5.97 Å². The van der Waals surface area contributed by atoms with Crippen molar-refractivity contribution in [2.45, 2.75) is 6.61 Å². The summed E-state index contributed by atoms with van der Waals surface area (Å²) in [6.45, 7) is 0.0669. The van der Waals surface area contributed by atoms with E-state index in [1.807, 2.05) is 0 Å². The number of hydrogen-bond donors (Lipinski definition) is 2. The average molecular weight is 294 g/mol. The van der Waals surface area contributed by atoms with Gasteiger partial charge in [-0.05, 0) is 24.3 Å². The SMILES string of the molecule is CNc1cc(C(=O)O)nc(COc2ccc(Cl)cc2)n1. The number of carboxylic acid groups (broad SMARTS) is 1. The molecule has 1 aromatic carbocycles. The molecule has 0 saturated heterocycles. The van der Waals surface area contributed by atoms with Gasteiger partial charge < -0.3 is 15.2 Å². The van der Waals surface area contributed by atoms with Crippen LogP contribution in [0.5, 0.6) is 5.75 Å². The van der Waals surface area contributed by atoms with Crippen molar-refractivity contribution in [3.05, 3.63) is 46.9 Å². The molecule has 0 spiro atoms. The molecule has 0 fully saturated rings. The van der Waals surface area contributed by atoms with Crippen LogP contribution in [0.25, 0.3) is 0 Å². The lowest BCUT2D eigenvalue weighted by molar-refractivity contribution is 0.0689. The maximum absolute atomic E-state index is 11.0. The molecule has 0 saturated carbocycles. The van der Waals surface area contributed by atoms with E-state index in [1.165, 1.54) is 6.07 Å². The second-order valence-electron chi connectivity index (χ2n) is 3.85. The largest absolute Gasteiger partial charge is 0.486 e. The number of nitrogens with one attached hydrogen (secondary N) is 1. The van der Waals surface area contributed by atoms with Crippen molar-refractivity contribution in [3.63, 3.8) is 0 Å².